The second kappa shape index (κ2) is 6.19. The van der Waals surface area contributed by atoms with Crippen LogP contribution in [0.5, 0.6) is 0 Å². The van der Waals surface area contributed by atoms with Gasteiger partial charge < -0.3 is 10.0 Å². The topological polar surface area (TPSA) is 23.5 Å². The Kier molecular flexibility index (Phi) is 4.87. The Morgan fingerprint density at radius 1 is 1.00 bits per heavy atom. The van der Waals surface area contributed by atoms with E-state index in [2.05, 4.69) is 18.7 Å². The van der Waals surface area contributed by atoms with Crippen molar-refractivity contribution in [3.8, 4) is 0 Å². The van der Waals surface area contributed by atoms with Crippen molar-refractivity contribution in [2.45, 2.75) is 70.9 Å². The highest BCUT2D eigenvalue weighted by atomic mass is 16.3. The van der Waals surface area contributed by atoms with Gasteiger partial charge in [0.05, 0.1) is 6.10 Å². The zero-order valence-electron chi connectivity index (χ0n) is 11.6. The first-order valence-corrected chi connectivity index (χ1v) is 7.59. The molecule has 100 valence electrons. The summed E-state index contributed by atoms with van der Waals surface area (Å²) in [5.41, 5.74) is 0. The summed E-state index contributed by atoms with van der Waals surface area (Å²) in [6, 6.07) is 0.631. The molecule has 0 aromatic heterocycles. The Bertz CT molecular complexity index is 225. The Balaban J connectivity index is 1.85. The van der Waals surface area contributed by atoms with Crippen LogP contribution in [0.25, 0.3) is 0 Å². The molecule has 2 fully saturated rings. The number of aliphatic hydroxyl groups excluding tert-OH is 1. The van der Waals surface area contributed by atoms with Crippen LogP contribution in [0.3, 0.4) is 0 Å². The molecule has 0 aliphatic heterocycles. The average molecular weight is 239 g/mol. The van der Waals surface area contributed by atoms with Gasteiger partial charge in [0.15, 0.2) is 0 Å². The zero-order valence-corrected chi connectivity index (χ0v) is 11.6. The van der Waals surface area contributed by atoms with Gasteiger partial charge in [0.1, 0.15) is 0 Å². The van der Waals surface area contributed by atoms with Crippen LogP contribution in [0.4, 0.5) is 0 Å². The lowest BCUT2D eigenvalue weighted by molar-refractivity contribution is 0.0631. The van der Waals surface area contributed by atoms with E-state index in [1.165, 1.54) is 45.1 Å². The van der Waals surface area contributed by atoms with Crippen LogP contribution in [0.15, 0.2) is 0 Å². The minimum absolute atomic E-state index is 0.0436. The van der Waals surface area contributed by atoms with E-state index in [9.17, 15) is 5.11 Å². The van der Waals surface area contributed by atoms with Gasteiger partial charge in [-0.15, -0.1) is 0 Å². The predicted molar refractivity (Wildman–Crippen MR) is 72.0 cm³/mol. The van der Waals surface area contributed by atoms with Crippen molar-refractivity contribution < 1.29 is 5.11 Å². The quantitative estimate of drug-likeness (QED) is 0.745. The van der Waals surface area contributed by atoms with Crippen LogP contribution in [0, 0.1) is 11.8 Å². The van der Waals surface area contributed by atoms with E-state index in [0.29, 0.717) is 12.0 Å². The summed E-state index contributed by atoms with van der Waals surface area (Å²) in [6.07, 6.45) is 8.93. The van der Waals surface area contributed by atoms with Crippen molar-refractivity contribution in [2.75, 3.05) is 13.1 Å². The lowest BCUT2D eigenvalue weighted by Crippen LogP contribution is -2.40. The van der Waals surface area contributed by atoms with Gasteiger partial charge in [-0.3, -0.25) is 0 Å². The second-order valence-electron chi connectivity index (χ2n) is 6.46. The summed E-state index contributed by atoms with van der Waals surface area (Å²) in [5.74, 6) is 1.49. The molecule has 0 heterocycles. The van der Waals surface area contributed by atoms with Crippen molar-refractivity contribution in [2.24, 2.45) is 11.8 Å². The van der Waals surface area contributed by atoms with Gasteiger partial charge >= 0.3 is 0 Å². The fraction of sp³-hybridized carbons (Fsp3) is 1.00. The van der Waals surface area contributed by atoms with Gasteiger partial charge in [0.25, 0.3) is 0 Å². The van der Waals surface area contributed by atoms with E-state index >= 15 is 0 Å². The first-order valence-electron chi connectivity index (χ1n) is 7.59. The van der Waals surface area contributed by atoms with Crippen LogP contribution in [0.2, 0.25) is 0 Å². The maximum absolute atomic E-state index is 10.2. The average Bonchev–Trinajstić information content (AvgIpc) is 3.08. The third-order valence-corrected chi connectivity index (χ3v) is 4.51. The molecule has 2 rings (SSSR count). The lowest BCUT2D eigenvalue weighted by atomic mass is 9.96. The molecule has 0 bridgehead atoms. The highest BCUT2D eigenvalue weighted by molar-refractivity contribution is 4.82. The molecule has 2 aliphatic rings. The van der Waals surface area contributed by atoms with Gasteiger partial charge in [-0.1, -0.05) is 19.3 Å². The number of rotatable bonds is 5. The van der Waals surface area contributed by atoms with E-state index in [0.717, 1.165) is 18.9 Å². The second-order valence-corrected chi connectivity index (χ2v) is 6.46. The van der Waals surface area contributed by atoms with Crippen LogP contribution >= 0.6 is 0 Å². The van der Waals surface area contributed by atoms with E-state index < -0.39 is 0 Å². The highest BCUT2D eigenvalue weighted by Gasteiger charge is 2.29. The van der Waals surface area contributed by atoms with Crippen LogP contribution in [0.1, 0.15) is 58.8 Å². The third-order valence-electron chi connectivity index (χ3n) is 4.51. The highest BCUT2D eigenvalue weighted by Crippen LogP contribution is 2.32. The molecule has 2 nitrogen and oxygen atoms in total. The largest absolute Gasteiger partial charge is 0.393 e. The summed E-state index contributed by atoms with van der Waals surface area (Å²) < 4.78 is 0. The van der Waals surface area contributed by atoms with Crippen molar-refractivity contribution in [3.63, 3.8) is 0 Å². The molecule has 17 heavy (non-hydrogen) atoms. The standard InChI is InChI=1S/C15H29NO/c1-12(2)16(10-13-8-9-13)11-14-6-4-3-5-7-15(14)17/h12-15,17H,3-11H2,1-2H3. The van der Waals surface area contributed by atoms with Gasteiger partial charge in [-0.05, 0) is 51.4 Å². The minimum atomic E-state index is -0.0436. The van der Waals surface area contributed by atoms with Crippen molar-refractivity contribution in [1.82, 2.24) is 4.90 Å². The van der Waals surface area contributed by atoms with E-state index in [1.54, 1.807) is 0 Å². The molecule has 2 aliphatic carbocycles. The number of nitrogens with zero attached hydrogens (tertiary/aromatic N) is 1. The Morgan fingerprint density at radius 3 is 2.35 bits per heavy atom. The fourth-order valence-corrected chi connectivity index (χ4v) is 3.01. The SMILES string of the molecule is CC(C)N(CC1CC1)CC1CCCCCC1O. The van der Waals surface area contributed by atoms with Crippen molar-refractivity contribution in [1.29, 1.82) is 0 Å². The molecule has 2 heteroatoms. The van der Waals surface area contributed by atoms with Crippen LogP contribution < -0.4 is 0 Å². The molecule has 2 unspecified atom stereocenters. The van der Waals surface area contributed by atoms with E-state index in [4.69, 9.17) is 0 Å². The predicted octanol–water partition coefficient (Wildman–Crippen LogP) is 3.05. The van der Waals surface area contributed by atoms with Gasteiger partial charge in [0, 0.05) is 19.1 Å². The minimum Gasteiger partial charge on any atom is -0.393 e. The number of hydrogen-bond donors (Lipinski definition) is 1. The molecule has 0 spiro atoms. The first-order chi connectivity index (χ1) is 8.16. The molecular weight excluding hydrogens is 210 g/mol. The van der Waals surface area contributed by atoms with Crippen molar-refractivity contribution >= 4 is 0 Å². The molecule has 0 aromatic rings. The number of hydrogen-bond acceptors (Lipinski definition) is 2. The summed E-state index contributed by atoms with van der Waals surface area (Å²) in [4.78, 5) is 2.61. The normalized spacial score (nSPS) is 30.9. The van der Waals surface area contributed by atoms with E-state index in [1.807, 2.05) is 0 Å². The summed E-state index contributed by atoms with van der Waals surface area (Å²) in [6.45, 7) is 6.98. The van der Waals surface area contributed by atoms with E-state index in [-0.39, 0.29) is 6.10 Å². The maximum Gasteiger partial charge on any atom is 0.0580 e. The monoisotopic (exact) mass is 239 g/mol. The lowest BCUT2D eigenvalue weighted by Gasteiger charge is -2.32. The van der Waals surface area contributed by atoms with Crippen LogP contribution in [-0.2, 0) is 0 Å². The molecular formula is C15H29NO. The smallest absolute Gasteiger partial charge is 0.0580 e. The molecule has 0 aromatic carbocycles. The molecule has 0 radical (unpaired) electrons. The molecule has 2 saturated carbocycles. The van der Waals surface area contributed by atoms with Crippen molar-refractivity contribution in [3.05, 3.63) is 0 Å². The molecule has 0 amide bonds. The maximum atomic E-state index is 10.2. The summed E-state index contributed by atoms with van der Waals surface area (Å²) in [5, 5.41) is 10.2. The fourth-order valence-electron chi connectivity index (χ4n) is 3.01. The Hall–Kier alpha value is -0.0800. The third kappa shape index (κ3) is 4.26. The molecule has 1 N–H and O–H groups in total. The van der Waals surface area contributed by atoms with Crippen LogP contribution in [-0.4, -0.2) is 35.2 Å². The first kappa shape index (κ1) is 13.4. The molecule has 0 saturated heterocycles. The summed E-state index contributed by atoms with van der Waals surface area (Å²) >= 11 is 0. The van der Waals surface area contributed by atoms with Gasteiger partial charge in [-0.25, -0.2) is 0 Å². The number of aliphatic hydroxyl groups is 1. The molecule has 2 atom stereocenters. The summed E-state index contributed by atoms with van der Waals surface area (Å²) in [7, 11) is 0. The Morgan fingerprint density at radius 2 is 1.71 bits per heavy atom. The van der Waals surface area contributed by atoms with Gasteiger partial charge in [-0.2, -0.15) is 0 Å². The Labute approximate surface area is 106 Å². The zero-order chi connectivity index (χ0) is 12.3. The van der Waals surface area contributed by atoms with Gasteiger partial charge in [0.2, 0.25) is 0 Å².